The van der Waals surface area contributed by atoms with Crippen LogP contribution in [0, 0.1) is 5.41 Å². The molecule has 0 unspecified atom stereocenters. The first-order valence-electron chi connectivity index (χ1n) is 5.41. The van der Waals surface area contributed by atoms with Crippen molar-refractivity contribution in [2.75, 3.05) is 20.3 Å². The van der Waals surface area contributed by atoms with Crippen molar-refractivity contribution in [1.82, 2.24) is 10.3 Å². The molecule has 1 aliphatic rings. The molecule has 1 amide bonds. The molecule has 88 valence electrons. The van der Waals surface area contributed by atoms with E-state index in [1.807, 2.05) is 0 Å². The molecule has 2 rings (SSSR count). The molecular weight excluding hydrogens is 224 g/mol. The van der Waals surface area contributed by atoms with Gasteiger partial charge in [-0.05, 0) is 24.7 Å². The maximum atomic E-state index is 11.7. The summed E-state index contributed by atoms with van der Waals surface area (Å²) in [6.07, 6.45) is 3.41. The summed E-state index contributed by atoms with van der Waals surface area (Å²) in [7, 11) is 1.71. The Labute approximate surface area is 99.0 Å². The van der Waals surface area contributed by atoms with Gasteiger partial charge in [0.1, 0.15) is 5.69 Å². The number of methoxy groups -OCH3 is 1. The van der Waals surface area contributed by atoms with Gasteiger partial charge in [-0.3, -0.25) is 4.79 Å². The fourth-order valence-corrected chi connectivity index (χ4v) is 2.23. The van der Waals surface area contributed by atoms with Crippen molar-refractivity contribution >= 4 is 17.2 Å². The molecule has 0 aliphatic heterocycles. The lowest BCUT2D eigenvalue weighted by Gasteiger charge is -2.14. The van der Waals surface area contributed by atoms with Crippen LogP contribution in [0.4, 0.5) is 0 Å². The van der Waals surface area contributed by atoms with Crippen LogP contribution in [-0.4, -0.2) is 31.2 Å². The molecule has 1 N–H and O–H groups in total. The molecular formula is C11H16N2O2S. The van der Waals surface area contributed by atoms with Gasteiger partial charge in [0.15, 0.2) is 0 Å². The van der Waals surface area contributed by atoms with Crippen LogP contribution in [-0.2, 0) is 4.74 Å². The zero-order valence-electron chi connectivity index (χ0n) is 9.36. The average Bonchev–Trinajstić information content (AvgIpc) is 2.85. The first-order chi connectivity index (χ1) is 7.76. The summed E-state index contributed by atoms with van der Waals surface area (Å²) in [6.45, 7) is 1.51. The van der Waals surface area contributed by atoms with E-state index >= 15 is 0 Å². The van der Waals surface area contributed by atoms with Gasteiger partial charge >= 0.3 is 0 Å². The topological polar surface area (TPSA) is 51.2 Å². The van der Waals surface area contributed by atoms with Crippen molar-refractivity contribution in [3.8, 4) is 0 Å². The minimum absolute atomic E-state index is 0.0649. The number of amides is 1. The molecule has 5 heteroatoms. The molecule has 4 nitrogen and oxygen atoms in total. The largest absolute Gasteiger partial charge is 0.385 e. The number of nitrogens with one attached hydrogen (secondary N) is 1. The first-order valence-corrected chi connectivity index (χ1v) is 6.35. The Hall–Kier alpha value is -0.940. The van der Waals surface area contributed by atoms with Gasteiger partial charge in [-0.2, -0.15) is 0 Å². The summed E-state index contributed by atoms with van der Waals surface area (Å²) in [5, 5.41) is 4.71. The standard InChI is InChI=1S/C11H16N2O2S/c1-15-5-4-11(2-3-11)7-12-10(14)9-6-16-8-13-9/h6,8H,2-5,7H2,1H3,(H,12,14). The van der Waals surface area contributed by atoms with Crippen LogP contribution in [0.25, 0.3) is 0 Å². The highest BCUT2D eigenvalue weighted by Gasteiger charge is 2.42. The highest BCUT2D eigenvalue weighted by Crippen LogP contribution is 2.48. The van der Waals surface area contributed by atoms with E-state index in [-0.39, 0.29) is 5.91 Å². The Morgan fingerprint density at radius 1 is 1.69 bits per heavy atom. The Bertz CT molecular complexity index is 347. The molecule has 0 spiro atoms. The van der Waals surface area contributed by atoms with E-state index in [9.17, 15) is 4.79 Å². The second-order valence-corrected chi connectivity index (χ2v) is 5.02. The van der Waals surface area contributed by atoms with Gasteiger partial charge < -0.3 is 10.1 Å². The SMILES string of the molecule is COCCC1(CNC(=O)c2cscn2)CC1. The van der Waals surface area contributed by atoms with Crippen molar-refractivity contribution in [3.05, 3.63) is 16.6 Å². The summed E-state index contributed by atoms with van der Waals surface area (Å²) in [6, 6.07) is 0. The second-order valence-electron chi connectivity index (χ2n) is 4.30. The number of ether oxygens (including phenoxy) is 1. The third-order valence-electron chi connectivity index (χ3n) is 3.08. The Morgan fingerprint density at radius 3 is 3.06 bits per heavy atom. The van der Waals surface area contributed by atoms with E-state index in [4.69, 9.17) is 4.74 Å². The predicted molar refractivity (Wildman–Crippen MR) is 62.6 cm³/mol. The van der Waals surface area contributed by atoms with E-state index in [2.05, 4.69) is 10.3 Å². The Kier molecular flexibility index (Phi) is 3.56. The number of carbonyl (C=O) groups is 1. The number of hydrogen-bond donors (Lipinski definition) is 1. The molecule has 0 bridgehead atoms. The maximum absolute atomic E-state index is 11.7. The highest BCUT2D eigenvalue weighted by molar-refractivity contribution is 7.07. The van der Waals surface area contributed by atoms with Crippen LogP contribution >= 0.6 is 11.3 Å². The summed E-state index contributed by atoms with van der Waals surface area (Å²) in [5.74, 6) is -0.0649. The molecule has 1 heterocycles. The van der Waals surface area contributed by atoms with Gasteiger partial charge in [0.05, 0.1) is 5.51 Å². The summed E-state index contributed by atoms with van der Waals surface area (Å²) in [5.41, 5.74) is 2.49. The molecule has 0 atom stereocenters. The third-order valence-corrected chi connectivity index (χ3v) is 3.67. The zero-order valence-corrected chi connectivity index (χ0v) is 10.2. The fourth-order valence-electron chi connectivity index (χ4n) is 1.69. The minimum atomic E-state index is -0.0649. The van der Waals surface area contributed by atoms with E-state index in [1.165, 1.54) is 24.2 Å². The Morgan fingerprint density at radius 2 is 2.50 bits per heavy atom. The molecule has 1 aliphatic carbocycles. The Balaban J connectivity index is 1.77. The average molecular weight is 240 g/mol. The maximum Gasteiger partial charge on any atom is 0.270 e. The smallest absolute Gasteiger partial charge is 0.270 e. The number of nitrogens with zero attached hydrogens (tertiary/aromatic N) is 1. The van der Waals surface area contributed by atoms with Crippen LogP contribution in [0.2, 0.25) is 0 Å². The van der Waals surface area contributed by atoms with E-state index in [0.717, 1.165) is 19.6 Å². The molecule has 16 heavy (non-hydrogen) atoms. The van der Waals surface area contributed by atoms with E-state index in [1.54, 1.807) is 18.0 Å². The van der Waals surface area contributed by atoms with Crippen LogP contribution < -0.4 is 5.32 Å². The molecule has 1 fully saturated rings. The van der Waals surface area contributed by atoms with Gasteiger partial charge in [0, 0.05) is 25.6 Å². The van der Waals surface area contributed by atoms with Crippen LogP contribution in [0.5, 0.6) is 0 Å². The van der Waals surface area contributed by atoms with Crippen molar-refractivity contribution in [2.45, 2.75) is 19.3 Å². The summed E-state index contributed by atoms with van der Waals surface area (Å²) >= 11 is 1.44. The van der Waals surface area contributed by atoms with Gasteiger partial charge in [-0.25, -0.2) is 4.98 Å². The predicted octanol–water partition coefficient (Wildman–Crippen LogP) is 1.69. The van der Waals surface area contributed by atoms with Gasteiger partial charge in [-0.15, -0.1) is 11.3 Å². The van der Waals surface area contributed by atoms with Crippen molar-refractivity contribution in [3.63, 3.8) is 0 Å². The van der Waals surface area contributed by atoms with Crippen LogP contribution in [0.3, 0.4) is 0 Å². The van der Waals surface area contributed by atoms with Crippen LogP contribution in [0.15, 0.2) is 10.9 Å². The molecule has 0 radical (unpaired) electrons. The monoisotopic (exact) mass is 240 g/mol. The summed E-state index contributed by atoms with van der Waals surface area (Å²) < 4.78 is 5.07. The lowest BCUT2D eigenvalue weighted by atomic mass is 10.0. The van der Waals surface area contributed by atoms with E-state index in [0.29, 0.717) is 11.1 Å². The quantitative estimate of drug-likeness (QED) is 0.823. The van der Waals surface area contributed by atoms with Gasteiger partial charge in [-0.1, -0.05) is 0 Å². The lowest BCUT2D eigenvalue weighted by molar-refractivity contribution is 0.0933. The first kappa shape index (κ1) is 11.5. The van der Waals surface area contributed by atoms with Crippen molar-refractivity contribution < 1.29 is 9.53 Å². The fraction of sp³-hybridized carbons (Fsp3) is 0.636. The number of rotatable bonds is 6. The number of carbonyl (C=O) groups excluding carboxylic acids is 1. The molecule has 0 aromatic carbocycles. The number of hydrogen-bond acceptors (Lipinski definition) is 4. The highest BCUT2D eigenvalue weighted by atomic mass is 32.1. The normalized spacial score (nSPS) is 17.1. The van der Waals surface area contributed by atoms with Gasteiger partial charge in [0.2, 0.25) is 0 Å². The lowest BCUT2D eigenvalue weighted by Crippen LogP contribution is -2.31. The molecule has 1 aromatic heterocycles. The number of thiazole rings is 1. The van der Waals surface area contributed by atoms with E-state index < -0.39 is 0 Å². The summed E-state index contributed by atoms with van der Waals surface area (Å²) in [4.78, 5) is 15.6. The van der Waals surface area contributed by atoms with Crippen molar-refractivity contribution in [1.29, 1.82) is 0 Å². The zero-order chi connectivity index (χ0) is 11.4. The van der Waals surface area contributed by atoms with Crippen LogP contribution in [0.1, 0.15) is 29.8 Å². The minimum Gasteiger partial charge on any atom is -0.385 e. The number of aromatic nitrogens is 1. The van der Waals surface area contributed by atoms with Gasteiger partial charge in [0.25, 0.3) is 5.91 Å². The molecule has 0 saturated heterocycles. The third kappa shape index (κ3) is 2.80. The second kappa shape index (κ2) is 4.93. The van der Waals surface area contributed by atoms with Crippen molar-refractivity contribution in [2.24, 2.45) is 5.41 Å². The molecule has 1 aromatic rings. The molecule has 1 saturated carbocycles.